The topological polar surface area (TPSA) is 81.5 Å². The molecule has 0 saturated carbocycles. The van der Waals surface area contributed by atoms with Crippen molar-refractivity contribution < 1.29 is 19.4 Å². The summed E-state index contributed by atoms with van der Waals surface area (Å²) in [5.41, 5.74) is 1.29. The minimum atomic E-state index is -0.650. The van der Waals surface area contributed by atoms with Crippen LogP contribution >= 0.6 is 11.3 Å². The van der Waals surface area contributed by atoms with Gasteiger partial charge in [0.15, 0.2) is 11.4 Å². The fourth-order valence-electron chi connectivity index (χ4n) is 2.11. The molecule has 2 heterocycles. The first-order chi connectivity index (χ1) is 11.1. The van der Waals surface area contributed by atoms with Gasteiger partial charge in [0.05, 0.1) is 19.9 Å². The van der Waals surface area contributed by atoms with Crippen LogP contribution in [0.3, 0.4) is 0 Å². The molecule has 3 aromatic rings. The number of esters is 1. The number of aromatic hydroxyl groups is 1. The van der Waals surface area contributed by atoms with E-state index < -0.39 is 5.97 Å². The lowest BCUT2D eigenvalue weighted by Crippen LogP contribution is -2.07. The molecule has 0 aliphatic rings. The van der Waals surface area contributed by atoms with Crippen molar-refractivity contribution in [3.05, 3.63) is 36.2 Å². The van der Waals surface area contributed by atoms with Gasteiger partial charge in [-0.25, -0.2) is 14.8 Å². The van der Waals surface area contributed by atoms with E-state index in [1.807, 2.05) is 24.3 Å². The molecule has 0 amide bonds. The number of nitrogens with zero attached hydrogens (tertiary/aromatic N) is 2. The predicted octanol–water partition coefficient (Wildman–Crippen LogP) is 3.25. The Morgan fingerprint density at radius 1 is 1.39 bits per heavy atom. The minimum absolute atomic E-state index is 0.0970. The van der Waals surface area contributed by atoms with Gasteiger partial charge in [0.1, 0.15) is 21.0 Å². The van der Waals surface area contributed by atoms with Crippen molar-refractivity contribution in [2.45, 2.75) is 6.92 Å². The molecule has 0 unspecified atom stereocenters. The van der Waals surface area contributed by atoms with E-state index in [1.54, 1.807) is 14.0 Å². The van der Waals surface area contributed by atoms with Crippen LogP contribution in [-0.2, 0) is 4.74 Å². The van der Waals surface area contributed by atoms with Gasteiger partial charge >= 0.3 is 5.97 Å². The minimum Gasteiger partial charge on any atom is -0.504 e. The molecule has 0 fully saturated rings. The van der Waals surface area contributed by atoms with Gasteiger partial charge < -0.3 is 14.6 Å². The van der Waals surface area contributed by atoms with Crippen LogP contribution in [0.2, 0.25) is 0 Å². The van der Waals surface area contributed by atoms with Crippen LogP contribution < -0.4 is 4.74 Å². The van der Waals surface area contributed by atoms with Crippen molar-refractivity contribution in [1.29, 1.82) is 0 Å². The van der Waals surface area contributed by atoms with E-state index in [0.29, 0.717) is 15.2 Å². The molecule has 118 valence electrons. The second-order valence-electron chi connectivity index (χ2n) is 4.64. The fourth-order valence-corrected chi connectivity index (χ4v) is 3.09. The zero-order chi connectivity index (χ0) is 16.4. The highest BCUT2D eigenvalue weighted by Gasteiger charge is 2.20. The summed E-state index contributed by atoms with van der Waals surface area (Å²) in [6.45, 7) is 1.91. The Labute approximate surface area is 136 Å². The van der Waals surface area contributed by atoms with E-state index in [4.69, 9.17) is 9.47 Å². The summed E-state index contributed by atoms with van der Waals surface area (Å²) in [5, 5.41) is 11.0. The molecule has 0 atom stereocenters. The number of carbonyl (C=O) groups is 1. The molecule has 7 heteroatoms. The van der Waals surface area contributed by atoms with Gasteiger partial charge in [-0.1, -0.05) is 12.1 Å². The number of fused-ring (bicyclic) bond motifs is 1. The first-order valence-corrected chi connectivity index (χ1v) is 7.75. The van der Waals surface area contributed by atoms with Gasteiger partial charge in [0.2, 0.25) is 0 Å². The number of rotatable bonds is 4. The van der Waals surface area contributed by atoms with Crippen LogP contribution in [-0.4, -0.2) is 34.8 Å². The van der Waals surface area contributed by atoms with Gasteiger partial charge in [-0.2, -0.15) is 0 Å². The Morgan fingerprint density at radius 2 is 2.22 bits per heavy atom. The van der Waals surface area contributed by atoms with Gasteiger partial charge in [-0.05, 0) is 19.1 Å². The Bertz CT molecular complexity index is 876. The van der Waals surface area contributed by atoms with Gasteiger partial charge in [0.25, 0.3) is 0 Å². The van der Waals surface area contributed by atoms with Crippen molar-refractivity contribution in [2.24, 2.45) is 0 Å². The van der Waals surface area contributed by atoms with E-state index in [0.717, 1.165) is 11.3 Å². The van der Waals surface area contributed by atoms with E-state index in [2.05, 4.69) is 9.97 Å². The van der Waals surface area contributed by atoms with Crippen molar-refractivity contribution >= 4 is 27.5 Å². The molecular weight excluding hydrogens is 316 g/mol. The lowest BCUT2D eigenvalue weighted by atomic mass is 10.2. The zero-order valence-corrected chi connectivity index (χ0v) is 13.4. The number of benzene rings is 1. The molecule has 0 aliphatic carbocycles. The maximum Gasteiger partial charge on any atom is 0.360 e. The second-order valence-corrected chi connectivity index (χ2v) is 5.64. The number of carbonyl (C=O) groups excluding carboxylic acids is 1. The van der Waals surface area contributed by atoms with Crippen LogP contribution in [0.4, 0.5) is 0 Å². The third-order valence-corrected chi connectivity index (χ3v) is 4.32. The van der Waals surface area contributed by atoms with E-state index >= 15 is 0 Å². The monoisotopic (exact) mass is 330 g/mol. The molecule has 0 aliphatic heterocycles. The summed E-state index contributed by atoms with van der Waals surface area (Å²) in [6.07, 6.45) is 1.46. The molecule has 3 rings (SSSR count). The number of ether oxygens (including phenoxy) is 2. The number of hydrogen-bond acceptors (Lipinski definition) is 7. The van der Waals surface area contributed by atoms with E-state index in [1.165, 1.54) is 17.5 Å². The first-order valence-electron chi connectivity index (χ1n) is 6.94. The maximum absolute atomic E-state index is 11.8. The Hall–Kier alpha value is -2.67. The third-order valence-electron chi connectivity index (χ3n) is 3.19. The summed E-state index contributed by atoms with van der Waals surface area (Å²) < 4.78 is 10.6. The fraction of sp³-hybridized carbons (Fsp3) is 0.188. The molecule has 1 N–H and O–H groups in total. The SMILES string of the molecule is CCOC(=O)c1ncc2nc(-c3cccc(OC)c3)sc2c1O. The third kappa shape index (κ3) is 2.83. The van der Waals surface area contributed by atoms with Gasteiger partial charge in [0, 0.05) is 5.56 Å². The molecule has 0 bridgehead atoms. The lowest BCUT2D eigenvalue weighted by Gasteiger charge is -2.02. The van der Waals surface area contributed by atoms with Crippen molar-refractivity contribution in [1.82, 2.24) is 9.97 Å². The maximum atomic E-state index is 11.8. The van der Waals surface area contributed by atoms with E-state index in [-0.39, 0.29) is 18.1 Å². The van der Waals surface area contributed by atoms with E-state index in [9.17, 15) is 9.90 Å². The molecular formula is C16H14N2O4S. The number of methoxy groups -OCH3 is 1. The predicted molar refractivity (Wildman–Crippen MR) is 87.0 cm³/mol. The summed E-state index contributed by atoms with van der Waals surface area (Å²) in [6, 6.07) is 7.46. The van der Waals surface area contributed by atoms with Crippen molar-refractivity contribution in [3.63, 3.8) is 0 Å². The van der Waals surface area contributed by atoms with Crippen LogP contribution in [0, 0.1) is 0 Å². The average molecular weight is 330 g/mol. The number of hydrogen-bond donors (Lipinski definition) is 1. The van der Waals surface area contributed by atoms with Crippen LogP contribution in [0.25, 0.3) is 20.8 Å². The second kappa shape index (κ2) is 6.21. The molecule has 2 aromatic heterocycles. The van der Waals surface area contributed by atoms with Crippen molar-refractivity contribution in [3.8, 4) is 22.1 Å². The molecule has 1 aromatic carbocycles. The molecule has 0 radical (unpaired) electrons. The quantitative estimate of drug-likeness (QED) is 0.740. The van der Waals surface area contributed by atoms with Crippen LogP contribution in [0.15, 0.2) is 30.5 Å². The highest BCUT2D eigenvalue weighted by atomic mass is 32.1. The molecule has 0 saturated heterocycles. The number of pyridine rings is 1. The van der Waals surface area contributed by atoms with Crippen LogP contribution in [0.1, 0.15) is 17.4 Å². The lowest BCUT2D eigenvalue weighted by molar-refractivity contribution is 0.0516. The normalized spacial score (nSPS) is 10.7. The van der Waals surface area contributed by atoms with Crippen LogP contribution in [0.5, 0.6) is 11.5 Å². The Morgan fingerprint density at radius 3 is 2.96 bits per heavy atom. The van der Waals surface area contributed by atoms with Gasteiger partial charge in [-0.15, -0.1) is 11.3 Å². The smallest absolute Gasteiger partial charge is 0.360 e. The van der Waals surface area contributed by atoms with Gasteiger partial charge in [-0.3, -0.25) is 0 Å². The average Bonchev–Trinajstić information content (AvgIpc) is 3.00. The number of aromatic nitrogens is 2. The Kier molecular flexibility index (Phi) is 4.12. The summed E-state index contributed by atoms with van der Waals surface area (Å²) in [5.74, 6) is -0.132. The first kappa shape index (κ1) is 15.2. The standard InChI is InChI=1S/C16H14N2O4S/c1-3-22-16(20)12-13(19)14-11(8-17-12)18-15(23-14)9-5-4-6-10(7-9)21-2/h4-8,19H,3H2,1-2H3. The molecule has 6 nitrogen and oxygen atoms in total. The number of thiazole rings is 1. The highest BCUT2D eigenvalue weighted by Crippen LogP contribution is 2.37. The highest BCUT2D eigenvalue weighted by molar-refractivity contribution is 7.22. The largest absolute Gasteiger partial charge is 0.504 e. The molecule has 0 spiro atoms. The zero-order valence-electron chi connectivity index (χ0n) is 12.6. The molecule has 23 heavy (non-hydrogen) atoms. The Balaban J connectivity index is 2.08. The summed E-state index contributed by atoms with van der Waals surface area (Å²) in [4.78, 5) is 20.2. The van der Waals surface area contributed by atoms with Crippen molar-refractivity contribution in [2.75, 3.05) is 13.7 Å². The summed E-state index contributed by atoms with van der Waals surface area (Å²) in [7, 11) is 1.60. The summed E-state index contributed by atoms with van der Waals surface area (Å²) >= 11 is 1.28.